The van der Waals surface area contributed by atoms with E-state index in [9.17, 15) is 0 Å². The zero-order valence-electron chi connectivity index (χ0n) is 30.1. The van der Waals surface area contributed by atoms with E-state index in [4.69, 9.17) is 4.42 Å². The predicted octanol–water partition coefficient (Wildman–Crippen LogP) is 14.2. The molecule has 1 heterocycles. The lowest BCUT2D eigenvalue weighted by atomic mass is 9.68. The van der Waals surface area contributed by atoms with Crippen molar-refractivity contribution in [2.45, 2.75) is 5.41 Å². The molecule has 11 rings (SSSR count). The van der Waals surface area contributed by atoms with E-state index in [1.807, 2.05) is 0 Å². The molecule has 0 atom stereocenters. The van der Waals surface area contributed by atoms with Crippen molar-refractivity contribution in [2.75, 3.05) is 4.90 Å². The van der Waals surface area contributed by atoms with Gasteiger partial charge in [-0.1, -0.05) is 182 Å². The van der Waals surface area contributed by atoms with Crippen molar-refractivity contribution in [1.29, 1.82) is 0 Å². The van der Waals surface area contributed by atoms with Gasteiger partial charge in [0.1, 0.15) is 5.58 Å². The minimum Gasteiger partial charge on any atom is -0.453 e. The number of benzene rings is 9. The second-order valence-electron chi connectivity index (χ2n) is 14.4. The van der Waals surface area contributed by atoms with Crippen LogP contribution in [0.2, 0.25) is 0 Å². The molecule has 0 radical (unpaired) electrons. The standard InChI is InChI=1S/C53H35NO/c1-5-19-36(20-6-1)44-35-37-21-13-14-28-41(37)49-43-30-17-34-48(51(43)55-52(44)49)54(40-26-11-4-12-27-40)47-33-18-32-46-50(47)42-29-15-16-31-45(42)53(46,38-22-7-2-8-23-38)39-24-9-3-10-25-39/h1-35H. The maximum atomic E-state index is 7.23. The topological polar surface area (TPSA) is 16.4 Å². The Balaban J connectivity index is 1.25. The summed E-state index contributed by atoms with van der Waals surface area (Å²) >= 11 is 0. The van der Waals surface area contributed by atoms with Crippen molar-refractivity contribution in [1.82, 2.24) is 0 Å². The van der Waals surface area contributed by atoms with Gasteiger partial charge >= 0.3 is 0 Å². The van der Waals surface area contributed by atoms with Crippen LogP contribution in [0.25, 0.3) is 55.0 Å². The third-order valence-electron chi connectivity index (χ3n) is 11.5. The van der Waals surface area contributed by atoms with E-state index in [0.29, 0.717) is 0 Å². The summed E-state index contributed by atoms with van der Waals surface area (Å²) in [6.45, 7) is 0. The van der Waals surface area contributed by atoms with Crippen molar-refractivity contribution in [3.05, 3.63) is 235 Å². The van der Waals surface area contributed by atoms with Crippen LogP contribution in [0.5, 0.6) is 0 Å². The number of hydrogen-bond acceptors (Lipinski definition) is 2. The first-order chi connectivity index (χ1) is 27.3. The van der Waals surface area contributed by atoms with E-state index in [1.54, 1.807) is 0 Å². The quantitative estimate of drug-likeness (QED) is 0.172. The molecule has 258 valence electrons. The van der Waals surface area contributed by atoms with Crippen LogP contribution < -0.4 is 4.90 Å². The molecule has 2 heteroatoms. The Labute approximate surface area is 320 Å². The summed E-state index contributed by atoms with van der Waals surface area (Å²) in [7, 11) is 0. The second-order valence-corrected chi connectivity index (χ2v) is 14.4. The summed E-state index contributed by atoms with van der Waals surface area (Å²) in [6, 6.07) is 76.7. The van der Waals surface area contributed by atoms with Gasteiger partial charge in [0.15, 0.2) is 5.58 Å². The minimum absolute atomic E-state index is 0.512. The molecule has 0 aliphatic heterocycles. The molecular weight excluding hydrogens is 667 g/mol. The zero-order valence-corrected chi connectivity index (χ0v) is 30.1. The third-order valence-corrected chi connectivity index (χ3v) is 11.5. The SMILES string of the molecule is c1ccc(-c2cc3ccccc3c3c2oc2c(N(c4ccccc4)c4cccc5c4-c4ccccc4C5(c4ccccc4)c4ccccc4)cccc23)cc1. The largest absolute Gasteiger partial charge is 0.453 e. The zero-order chi connectivity index (χ0) is 36.3. The first-order valence-electron chi connectivity index (χ1n) is 18.9. The van der Waals surface area contributed by atoms with E-state index < -0.39 is 5.41 Å². The van der Waals surface area contributed by atoms with Crippen LogP contribution in [-0.2, 0) is 5.41 Å². The number of fused-ring (bicyclic) bond motifs is 8. The molecule has 1 aromatic heterocycles. The van der Waals surface area contributed by atoms with Gasteiger partial charge in [0.25, 0.3) is 0 Å². The Morgan fingerprint density at radius 2 is 0.964 bits per heavy atom. The smallest absolute Gasteiger partial charge is 0.159 e. The highest BCUT2D eigenvalue weighted by Crippen LogP contribution is 2.60. The first-order valence-corrected chi connectivity index (χ1v) is 18.9. The predicted molar refractivity (Wildman–Crippen MR) is 229 cm³/mol. The maximum Gasteiger partial charge on any atom is 0.159 e. The average Bonchev–Trinajstić information content (AvgIpc) is 3.81. The Morgan fingerprint density at radius 3 is 1.71 bits per heavy atom. The van der Waals surface area contributed by atoms with Crippen LogP contribution in [0.1, 0.15) is 22.3 Å². The highest BCUT2D eigenvalue weighted by atomic mass is 16.3. The van der Waals surface area contributed by atoms with Gasteiger partial charge in [-0.25, -0.2) is 0 Å². The molecule has 2 nitrogen and oxygen atoms in total. The van der Waals surface area contributed by atoms with E-state index in [-0.39, 0.29) is 0 Å². The third kappa shape index (κ3) is 4.62. The molecule has 0 saturated carbocycles. The number of hydrogen-bond donors (Lipinski definition) is 0. The summed E-state index contributed by atoms with van der Waals surface area (Å²) in [6.07, 6.45) is 0. The van der Waals surface area contributed by atoms with Gasteiger partial charge in [0, 0.05) is 27.6 Å². The summed E-state index contributed by atoms with van der Waals surface area (Å²) < 4.78 is 7.23. The van der Waals surface area contributed by atoms with Gasteiger partial charge < -0.3 is 9.32 Å². The molecule has 0 spiro atoms. The number of para-hydroxylation sites is 2. The molecule has 0 N–H and O–H groups in total. The fraction of sp³-hybridized carbons (Fsp3) is 0.0189. The van der Waals surface area contributed by atoms with Gasteiger partial charge in [0.05, 0.1) is 16.8 Å². The number of nitrogens with zero attached hydrogens (tertiary/aromatic N) is 1. The van der Waals surface area contributed by atoms with Gasteiger partial charge in [-0.3, -0.25) is 0 Å². The minimum atomic E-state index is -0.512. The summed E-state index contributed by atoms with van der Waals surface area (Å²) in [4.78, 5) is 2.41. The Morgan fingerprint density at radius 1 is 0.400 bits per heavy atom. The van der Waals surface area contributed by atoms with Gasteiger partial charge in [-0.2, -0.15) is 0 Å². The van der Waals surface area contributed by atoms with E-state index in [1.165, 1.54) is 44.2 Å². The van der Waals surface area contributed by atoms with Crippen LogP contribution in [0, 0.1) is 0 Å². The van der Waals surface area contributed by atoms with Crippen LogP contribution in [0.4, 0.5) is 17.1 Å². The van der Waals surface area contributed by atoms with Crippen molar-refractivity contribution in [2.24, 2.45) is 0 Å². The fourth-order valence-electron chi connectivity index (χ4n) is 9.29. The van der Waals surface area contributed by atoms with Crippen molar-refractivity contribution < 1.29 is 4.42 Å². The second kappa shape index (κ2) is 12.5. The van der Waals surface area contributed by atoms with Crippen LogP contribution in [0.15, 0.2) is 217 Å². The molecule has 10 aromatic rings. The van der Waals surface area contributed by atoms with E-state index in [0.717, 1.165) is 50.1 Å². The van der Waals surface area contributed by atoms with E-state index in [2.05, 4.69) is 217 Å². The summed E-state index contributed by atoms with van der Waals surface area (Å²) in [5, 5.41) is 4.61. The maximum absolute atomic E-state index is 7.23. The van der Waals surface area contributed by atoms with Crippen molar-refractivity contribution >= 4 is 49.8 Å². The Kier molecular flexibility index (Phi) is 7.11. The van der Waals surface area contributed by atoms with Gasteiger partial charge in [-0.05, 0) is 74.5 Å². The molecule has 0 unspecified atom stereocenters. The molecule has 1 aliphatic rings. The summed E-state index contributed by atoms with van der Waals surface area (Å²) in [5.74, 6) is 0. The monoisotopic (exact) mass is 701 g/mol. The molecule has 0 saturated heterocycles. The lowest BCUT2D eigenvalue weighted by molar-refractivity contribution is 0.670. The lowest BCUT2D eigenvalue weighted by Gasteiger charge is -2.34. The molecule has 1 aliphatic carbocycles. The van der Waals surface area contributed by atoms with Crippen LogP contribution in [0.3, 0.4) is 0 Å². The number of furan rings is 1. The summed E-state index contributed by atoms with van der Waals surface area (Å²) in [5.41, 5.74) is 14.1. The number of anilines is 3. The molecule has 55 heavy (non-hydrogen) atoms. The van der Waals surface area contributed by atoms with Crippen molar-refractivity contribution in [3.63, 3.8) is 0 Å². The van der Waals surface area contributed by atoms with Crippen molar-refractivity contribution in [3.8, 4) is 22.3 Å². The number of rotatable bonds is 6. The Hall–Kier alpha value is -7.16. The average molecular weight is 702 g/mol. The molecule has 0 bridgehead atoms. The molecular formula is C53H35NO. The molecule has 0 fully saturated rings. The first kappa shape index (κ1) is 31.4. The lowest BCUT2D eigenvalue weighted by Crippen LogP contribution is -2.28. The van der Waals surface area contributed by atoms with Gasteiger partial charge in [0.2, 0.25) is 0 Å². The van der Waals surface area contributed by atoms with Gasteiger partial charge in [-0.15, -0.1) is 0 Å². The molecule has 9 aromatic carbocycles. The highest BCUT2D eigenvalue weighted by Gasteiger charge is 2.47. The molecule has 0 amide bonds. The highest BCUT2D eigenvalue weighted by molar-refractivity contribution is 6.24. The Bertz CT molecular complexity index is 2980. The van der Waals surface area contributed by atoms with Crippen LogP contribution in [-0.4, -0.2) is 0 Å². The normalized spacial score (nSPS) is 12.9. The fourth-order valence-corrected chi connectivity index (χ4v) is 9.29. The van der Waals surface area contributed by atoms with E-state index >= 15 is 0 Å². The van der Waals surface area contributed by atoms with Crippen LogP contribution >= 0.6 is 0 Å².